The summed E-state index contributed by atoms with van der Waals surface area (Å²) in [7, 11) is 0. The van der Waals surface area contributed by atoms with Crippen molar-refractivity contribution in [2.24, 2.45) is 4.99 Å². The van der Waals surface area contributed by atoms with Crippen LogP contribution >= 0.6 is 0 Å². The van der Waals surface area contributed by atoms with Crippen molar-refractivity contribution in [2.75, 3.05) is 18.0 Å². The van der Waals surface area contributed by atoms with Gasteiger partial charge in [-0.3, -0.25) is 4.79 Å². The summed E-state index contributed by atoms with van der Waals surface area (Å²) in [5, 5.41) is 0. The number of anilines is 1. The van der Waals surface area contributed by atoms with Crippen LogP contribution in [-0.4, -0.2) is 29.6 Å². The average molecular weight is 378 g/mol. The number of hydrogen-bond donors (Lipinski definition) is 0. The Kier molecular flexibility index (Phi) is 6.27. The number of carbonyl (C=O) groups is 1. The second-order valence-corrected chi connectivity index (χ2v) is 5.73. The third kappa shape index (κ3) is 4.05. The number of pyridine rings is 1. The Morgan fingerprint density at radius 2 is 1.68 bits per heavy atom. The molecular formula is C20H21N3NiO. The minimum absolute atomic E-state index is 0. The summed E-state index contributed by atoms with van der Waals surface area (Å²) in [4.78, 5) is 23.4. The Labute approximate surface area is 158 Å². The zero-order valence-corrected chi connectivity index (χ0v) is 15.6. The van der Waals surface area contributed by atoms with Gasteiger partial charge in [-0.05, 0) is 69.3 Å². The van der Waals surface area contributed by atoms with Crippen LogP contribution in [0.3, 0.4) is 0 Å². The smallest absolute Gasteiger partial charge is 0.204 e. The third-order valence-corrected chi connectivity index (χ3v) is 4.16. The summed E-state index contributed by atoms with van der Waals surface area (Å²) in [5.41, 5.74) is 4.94. The van der Waals surface area contributed by atoms with E-state index in [-0.39, 0.29) is 22.3 Å². The molecule has 1 aliphatic carbocycles. The van der Waals surface area contributed by atoms with Gasteiger partial charge in [-0.2, -0.15) is 0 Å². The SMILES string of the molecule is CCN(CC)c1ccc(N=C2C=CC(=O)c3nc(C)ccc32)cc1.[Ni]. The number of nitrogens with zero attached hydrogens (tertiary/aromatic N) is 3. The zero-order chi connectivity index (χ0) is 17.1. The predicted octanol–water partition coefficient (Wildman–Crippen LogP) is 4.11. The van der Waals surface area contributed by atoms with Crippen LogP contribution < -0.4 is 4.90 Å². The Bertz CT molecular complexity index is 821. The Balaban J connectivity index is 0.00000225. The van der Waals surface area contributed by atoms with Crippen molar-refractivity contribution < 1.29 is 21.3 Å². The maximum Gasteiger partial charge on any atom is 0.204 e. The molecule has 1 heterocycles. The molecule has 1 aromatic heterocycles. The van der Waals surface area contributed by atoms with Gasteiger partial charge < -0.3 is 4.90 Å². The number of aliphatic imine (C=N–C) groups is 1. The fourth-order valence-corrected chi connectivity index (χ4v) is 2.84. The first kappa shape index (κ1) is 19.1. The first-order valence-electron chi connectivity index (χ1n) is 8.26. The molecule has 0 saturated heterocycles. The Hall–Kier alpha value is -2.26. The van der Waals surface area contributed by atoms with Crippen LogP contribution in [0.4, 0.5) is 11.4 Å². The molecule has 2 aromatic rings. The molecular weight excluding hydrogens is 357 g/mol. The first-order valence-corrected chi connectivity index (χ1v) is 8.26. The largest absolute Gasteiger partial charge is 0.372 e. The van der Waals surface area contributed by atoms with E-state index in [1.807, 2.05) is 31.2 Å². The summed E-state index contributed by atoms with van der Waals surface area (Å²) in [6, 6.07) is 12.0. The second-order valence-electron chi connectivity index (χ2n) is 5.73. The number of rotatable bonds is 4. The summed E-state index contributed by atoms with van der Waals surface area (Å²) >= 11 is 0. The molecule has 5 heteroatoms. The van der Waals surface area contributed by atoms with Crippen LogP contribution in [-0.2, 0) is 16.5 Å². The fourth-order valence-electron chi connectivity index (χ4n) is 2.84. The molecule has 132 valence electrons. The molecule has 0 spiro atoms. The summed E-state index contributed by atoms with van der Waals surface area (Å²) in [6.07, 6.45) is 3.30. The van der Waals surface area contributed by atoms with E-state index >= 15 is 0 Å². The van der Waals surface area contributed by atoms with Gasteiger partial charge in [0.2, 0.25) is 5.78 Å². The van der Waals surface area contributed by atoms with Gasteiger partial charge >= 0.3 is 0 Å². The standard InChI is InChI=1S/C20H21N3O.Ni/c1-4-23(5-2)16-9-7-15(8-10-16)22-18-12-13-19(24)20-17(18)11-6-14(3)21-20;/h6-13H,4-5H2,1-3H3;. The van der Waals surface area contributed by atoms with E-state index in [9.17, 15) is 4.79 Å². The van der Waals surface area contributed by atoms with E-state index in [0.717, 1.165) is 35.7 Å². The van der Waals surface area contributed by atoms with Gasteiger partial charge in [0.05, 0.1) is 11.4 Å². The number of fused-ring (bicyclic) bond motifs is 1. The van der Waals surface area contributed by atoms with Crippen molar-refractivity contribution in [2.45, 2.75) is 20.8 Å². The zero-order valence-electron chi connectivity index (χ0n) is 14.6. The van der Waals surface area contributed by atoms with Gasteiger partial charge in [-0.1, -0.05) is 0 Å². The van der Waals surface area contributed by atoms with Crippen LogP contribution in [0.15, 0.2) is 53.5 Å². The maximum absolute atomic E-state index is 12.0. The number of benzene rings is 1. The topological polar surface area (TPSA) is 45.6 Å². The van der Waals surface area contributed by atoms with Crippen molar-refractivity contribution in [3.05, 3.63) is 65.5 Å². The average Bonchev–Trinajstić information content (AvgIpc) is 2.60. The normalized spacial score (nSPS) is 14.2. The van der Waals surface area contributed by atoms with Gasteiger partial charge in [-0.15, -0.1) is 0 Å². The van der Waals surface area contributed by atoms with Crippen molar-refractivity contribution in [3.63, 3.8) is 0 Å². The number of allylic oxidation sites excluding steroid dienone is 2. The van der Waals surface area contributed by atoms with Crippen LogP contribution in [0, 0.1) is 6.92 Å². The van der Waals surface area contributed by atoms with E-state index in [1.165, 1.54) is 11.8 Å². The monoisotopic (exact) mass is 377 g/mol. The van der Waals surface area contributed by atoms with Gasteiger partial charge in [-0.25, -0.2) is 9.98 Å². The predicted molar refractivity (Wildman–Crippen MR) is 98.6 cm³/mol. The molecule has 0 radical (unpaired) electrons. The number of aromatic nitrogens is 1. The molecule has 1 aromatic carbocycles. The first-order chi connectivity index (χ1) is 11.6. The Morgan fingerprint density at radius 3 is 2.32 bits per heavy atom. The van der Waals surface area contributed by atoms with Crippen LogP contribution in [0.2, 0.25) is 0 Å². The molecule has 1 aliphatic rings. The van der Waals surface area contributed by atoms with Crippen molar-refractivity contribution in [1.82, 2.24) is 4.98 Å². The quantitative estimate of drug-likeness (QED) is 0.753. The molecule has 25 heavy (non-hydrogen) atoms. The van der Waals surface area contributed by atoms with Crippen molar-refractivity contribution in [1.29, 1.82) is 0 Å². The molecule has 0 fully saturated rings. The number of aryl methyl sites for hydroxylation is 1. The summed E-state index contributed by atoms with van der Waals surface area (Å²) < 4.78 is 0. The van der Waals surface area contributed by atoms with Gasteiger partial charge in [0.25, 0.3) is 0 Å². The van der Waals surface area contributed by atoms with Gasteiger partial charge in [0.1, 0.15) is 5.69 Å². The van der Waals surface area contributed by atoms with Crippen molar-refractivity contribution >= 4 is 22.9 Å². The number of ketones is 1. The van der Waals surface area contributed by atoms with Crippen LogP contribution in [0.1, 0.15) is 35.6 Å². The fraction of sp³-hybridized carbons (Fsp3) is 0.250. The summed E-state index contributed by atoms with van der Waals surface area (Å²) in [6.45, 7) is 8.14. The number of carbonyl (C=O) groups excluding carboxylic acids is 1. The Morgan fingerprint density at radius 1 is 1.00 bits per heavy atom. The molecule has 0 saturated carbocycles. The van der Waals surface area contributed by atoms with E-state index in [4.69, 9.17) is 4.99 Å². The number of hydrogen-bond acceptors (Lipinski definition) is 4. The minimum Gasteiger partial charge on any atom is -0.372 e. The van der Waals surface area contributed by atoms with E-state index < -0.39 is 0 Å². The maximum atomic E-state index is 12.0. The molecule has 3 rings (SSSR count). The molecule has 0 aliphatic heterocycles. The molecule has 0 bridgehead atoms. The van der Waals surface area contributed by atoms with Crippen LogP contribution in [0.5, 0.6) is 0 Å². The second kappa shape index (κ2) is 8.22. The van der Waals surface area contributed by atoms with Crippen molar-refractivity contribution in [3.8, 4) is 0 Å². The molecule has 0 N–H and O–H groups in total. The third-order valence-electron chi connectivity index (χ3n) is 4.16. The van der Waals surface area contributed by atoms with Gasteiger partial charge in [0.15, 0.2) is 0 Å². The molecule has 0 amide bonds. The molecule has 0 atom stereocenters. The minimum atomic E-state index is -0.0652. The van der Waals surface area contributed by atoms with Gasteiger partial charge in [0, 0.05) is 46.5 Å². The van der Waals surface area contributed by atoms with E-state index in [2.05, 4.69) is 35.9 Å². The molecule has 4 nitrogen and oxygen atoms in total. The summed E-state index contributed by atoms with van der Waals surface area (Å²) in [5.74, 6) is -0.0652. The van der Waals surface area contributed by atoms with E-state index in [0.29, 0.717) is 5.69 Å². The van der Waals surface area contributed by atoms with Crippen LogP contribution in [0.25, 0.3) is 0 Å². The van der Waals surface area contributed by atoms with E-state index in [1.54, 1.807) is 6.08 Å². The molecule has 0 unspecified atom stereocenters.